The normalized spacial score (nSPS) is 14.1. The van der Waals surface area contributed by atoms with E-state index < -0.39 is 0 Å². The van der Waals surface area contributed by atoms with Crippen LogP contribution in [0.5, 0.6) is 0 Å². The van der Waals surface area contributed by atoms with E-state index in [1.54, 1.807) is 24.4 Å². The van der Waals surface area contributed by atoms with E-state index in [1.807, 2.05) is 29.2 Å². The Morgan fingerprint density at radius 1 is 0.966 bits per heavy atom. The van der Waals surface area contributed by atoms with E-state index in [1.165, 1.54) is 23.5 Å². The minimum Gasteiger partial charge on any atom is -0.368 e. The van der Waals surface area contributed by atoms with Crippen LogP contribution < -0.4 is 4.90 Å². The van der Waals surface area contributed by atoms with Crippen molar-refractivity contribution in [2.45, 2.75) is 6.92 Å². The maximum absolute atomic E-state index is 13.1. The smallest absolute Gasteiger partial charge is 0.273 e. The molecular weight excluding hydrogens is 389 g/mol. The Bertz CT molecular complexity index is 1020. The number of ketones is 1. The molecule has 1 amide bonds. The lowest BCUT2D eigenvalue weighted by Crippen LogP contribution is -2.48. The number of hydrogen-bond acceptors (Lipinski definition) is 5. The van der Waals surface area contributed by atoms with Crippen molar-refractivity contribution in [3.63, 3.8) is 0 Å². The molecule has 4 rings (SSSR count). The van der Waals surface area contributed by atoms with E-state index in [0.29, 0.717) is 29.4 Å². The van der Waals surface area contributed by atoms with Crippen LogP contribution in [0.25, 0.3) is 10.6 Å². The van der Waals surface area contributed by atoms with Gasteiger partial charge in [0.15, 0.2) is 5.78 Å². The third-order valence-electron chi connectivity index (χ3n) is 5.02. The van der Waals surface area contributed by atoms with Gasteiger partial charge in [0.2, 0.25) is 0 Å². The molecule has 0 aliphatic carbocycles. The van der Waals surface area contributed by atoms with Crippen molar-refractivity contribution in [1.82, 2.24) is 9.88 Å². The molecule has 1 aliphatic rings. The number of Topliss-reactive ketones (excluding diaryl/α,β-unsaturated/α-hetero) is 1. The summed E-state index contributed by atoms with van der Waals surface area (Å²) in [6.07, 6.45) is 0. The molecule has 1 saturated heterocycles. The first-order valence-electron chi connectivity index (χ1n) is 9.38. The summed E-state index contributed by atoms with van der Waals surface area (Å²) in [6.45, 7) is 4.22. The molecule has 7 heteroatoms. The Morgan fingerprint density at radius 3 is 2.24 bits per heavy atom. The zero-order valence-electron chi connectivity index (χ0n) is 16.0. The molecule has 0 unspecified atom stereocenters. The fourth-order valence-corrected chi connectivity index (χ4v) is 4.13. The molecule has 0 spiro atoms. The van der Waals surface area contributed by atoms with Gasteiger partial charge >= 0.3 is 0 Å². The van der Waals surface area contributed by atoms with Crippen LogP contribution in [0.4, 0.5) is 10.1 Å². The lowest BCUT2D eigenvalue weighted by atomic mass is 10.1. The number of piperazine rings is 1. The second-order valence-electron chi connectivity index (χ2n) is 6.93. The number of carbonyl (C=O) groups is 2. The minimum atomic E-state index is -0.296. The first-order chi connectivity index (χ1) is 14.0. The van der Waals surface area contributed by atoms with Gasteiger partial charge in [0.25, 0.3) is 5.91 Å². The van der Waals surface area contributed by atoms with Crippen molar-refractivity contribution in [3.05, 3.63) is 71.0 Å². The van der Waals surface area contributed by atoms with Gasteiger partial charge in [-0.15, -0.1) is 11.3 Å². The number of anilines is 1. The highest BCUT2D eigenvalue weighted by atomic mass is 32.1. The first kappa shape index (κ1) is 19.3. The molecule has 3 aromatic rings. The maximum Gasteiger partial charge on any atom is 0.273 e. The molecule has 1 aromatic heterocycles. The summed E-state index contributed by atoms with van der Waals surface area (Å²) in [6, 6.07) is 13.7. The Hall–Kier alpha value is -3.06. The zero-order valence-corrected chi connectivity index (χ0v) is 16.8. The van der Waals surface area contributed by atoms with Gasteiger partial charge in [0.1, 0.15) is 16.5 Å². The van der Waals surface area contributed by atoms with Crippen molar-refractivity contribution < 1.29 is 14.0 Å². The molecule has 0 saturated carbocycles. The lowest BCUT2D eigenvalue weighted by Gasteiger charge is -2.35. The van der Waals surface area contributed by atoms with Gasteiger partial charge in [-0.1, -0.05) is 0 Å². The van der Waals surface area contributed by atoms with Gasteiger partial charge in [-0.05, 0) is 55.5 Å². The van der Waals surface area contributed by atoms with Gasteiger partial charge in [-0.25, -0.2) is 9.37 Å². The van der Waals surface area contributed by atoms with Crippen molar-refractivity contribution in [2.24, 2.45) is 0 Å². The van der Waals surface area contributed by atoms with Gasteiger partial charge in [0, 0.05) is 48.4 Å². The number of nitrogens with zero attached hydrogens (tertiary/aromatic N) is 3. The third kappa shape index (κ3) is 4.19. The fourth-order valence-electron chi connectivity index (χ4n) is 3.33. The summed E-state index contributed by atoms with van der Waals surface area (Å²) in [4.78, 5) is 32.7. The number of rotatable bonds is 4. The van der Waals surface area contributed by atoms with Crippen LogP contribution in [-0.4, -0.2) is 47.8 Å². The molecule has 1 aliphatic heterocycles. The summed E-state index contributed by atoms with van der Waals surface area (Å²) < 4.78 is 13.1. The average molecular weight is 409 g/mol. The van der Waals surface area contributed by atoms with Crippen molar-refractivity contribution in [3.8, 4) is 10.6 Å². The number of amides is 1. The van der Waals surface area contributed by atoms with Crippen LogP contribution in [0.2, 0.25) is 0 Å². The Kier molecular flexibility index (Phi) is 5.40. The van der Waals surface area contributed by atoms with Crippen LogP contribution >= 0.6 is 11.3 Å². The SMILES string of the molecule is CC(=O)c1ccc(N2CCN(C(=O)c3csc(-c4ccc(F)cc4)n3)CC2)cc1. The van der Waals surface area contributed by atoms with E-state index in [0.717, 1.165) is 24.3 Å². The fraction of sp³-hybridized carbons (Fsp3) is 0.227. The predicted molar refractivity (Wildman–Crippen MR) is 112 cm³/mol. The minimum absolute atomic E-state index is 0.0511. The first-order valence-corrected chi connectivity index (χ1v) is 10.3. The number of aromatic nitrogens is 1. The van der Waals surface area contributed by atoms with Gasteiger partial charge in [-0.3, -0.25) is 9.59 Å². The van der Waals surface area contributed by atoms with E-state index in [9.17, 15) is 14.0 Å². The zero-order chi connectivity index (χ0) is 20.4. The maximum atomic E-state index is 13.1. The summed E-state index contributed by atoms with van der Waals surface area (Å²) in [5, 5.41) is 2.46. The van der Waals surface area contributed by atoms with E-state index >= 15 is 0 Å². The number of halogens is 1. The van der Waals surface area contributed by atoms with E-state index in [4.69, 9.17) is 0 Å². The summed E-state index contributed by atoms with van der Waals surface area (Å²) in [5.74, 6) is -0.327. The Labute approximate surface area is 172 Å². The van der Waals surface area contributed by atoms with E-state index in [2.05, 4.69) is 9.88 Å². The highest BCUT2D eigenvalue weighted by Gasteiger charge is 2.24. The van der Waals surface area contributed by atoms with Crippen molar-refractivity contribution in [1.29, 1.82) is 0 Å². The summed E-state index contributed by atoms with van der Waals surface area (Å²) in [5.41, 5.74) is 2.97. The monoisotopic (exact) mass is 409 g/mol. The molecular formula is C22H20FN3O2S. The van der Waals surface area contributed by atoms with Crippen LogP contribution in [0.1, 0.15) is 27.8 Å². The molecule has 0 N–H and O–H groups in total. The lowest BCUT2D eigenvalue weighted by molar-refractivity contribution is 0.0741. The molecule has 1 fully saturated rings. The van der Waals surface area contributed by atoms with Gasteiger partial charge in [-0.2, -0.15) is 0 Å². The molecule has 2 heterocycles. The molecule has 5 nitrogen and oxygen atoms in total. The highest BCUT2D eigenvalue weighted by Crippen LogP contribution is 2.25. The number of benzene rings is 2. The molecule has 29 heavy (non-hydrogen) atoms. The van der Waals surface area contributed by atoms with Crippen LogP contribution in [0.3, 0.4) is 0 Å². The quantitative estimate of drug-likeness (QED) is 0.609. The van der Waals surface area contributed by atoms with Crippen LogP contribution in [0.15, 0.2) is 53.9 Å². The van der Waals surface area contributed by atoms with Crippen molar-refractivity contribution in [2.75, 3.05) is 31.1 Å². The Balaban J connectivity index is 1.39. The summed E-state index contributed by atoms with van der Waals surface area (Å²) >= 11 is 1.38. The molecule has 0 atom stereocenters. The van der Waals surface area contributed by atoms with Crippen LogP contribution in [-0.2, 0) is 0 Å². The predicted octanol–water partition coefficient (Wildman–Crippen LogP) is 4.11. The molecule has 148 valence electrons. The van der Waals surface area contributed by atoms with Crippen LogP contribution in [0, 0.1) is 5.82 Å². The molecule has 0 bridgehead atoms. The molecule has 0 radical (unpaired) electrons. The number of thiazole rings is 1. The summed E-state index contributed by atoms with van der Waals surface area (Å²) in [7, 11) is 0. The second kappa shape index (κ2) is 8.13. The standard InChI is InChI=1S/C22H20FN3O2S/c1-15(27)16-4-8-19(9-5-16)25-10-12-26(13-11-25)22(28)20-14-29-21(24-20)17-2-6-18(23)7-3-17/h2-9,14H,10-13H2,1H3. The topological polar surface area (TPSA) is 53.5 Å². The number of carbonyl (C=O) groups excluding carboxylic acids is 2. The highest BCUT2D eigenvalue weighted by molar-refractivity contribution is 7.13. The second-order valence-corrected chi connectivity index (χ2v) is 7.79. The number of hydrogen-bond donors (Lipinski definition) is 0. The van der Waals surface area contributed by atoms with Gasteiger partial charge in [0.05, 0.1) is 0 Å². The van der Waals surface area contributed by atoms with E-state index in [-0.39, 0.29) is 17.5 Å². The Morgan fingerprint density at radius 2 is 1.62 bits per heavy atom. The molecule has 2 aromatic carbocycles. The van der Waals surface area contributed by atoms with Crippen molar-refractivity contribution >= 4 is 28.7 Å². The average Bonchev–Trinajstić information content (AvgIpc) is 3.24. The van der Waals surface area contributed by atoms with Gasteiger partial charge < -0.3 is 9.80 Å². The third-order valence-corrected chi connectivity index (χ3v) is 5.91. The largest absolute Gasteiger partial charge is 0.368 e.